The highest BCUT2D eigenvalue weighted by atomic mass is 35.5. The number of hydrogen-bond acceptors (Lipinski definition) is 3. The van der Waals surface area contributed by atoms with Gasteiger partial charge in [0.15, 0.2) is 0 Å². The number of aliphatic hydroxyl groups is 1. The van der Waals surface area contributed by atoms with Gasteiger partial charge in [-0.3, -0.25) is 4.79 Å². The quantitative estimate of drug-likeness (QED) is 0.820. The van der Waals surface area contributed by atoms with Crippen LogP contribution < -0.4 is 0 Å². The number of hydrogen-bond donors (Lipinski definition) is 1. The zero-order chi connectivity index (χ0) is 12.8. The van der Waals surface area contributed by atoms with E-state index in [0.717, 1.165) is 0 Å². The van der Waals surface area contributed by atoms with Crippen LogP contribution in [-0.4, -0.2) is 40.1 Å². The van der Waals surface area contributed by atoms with Gasteiger partial charge in [-0.2, -0.15) is 0 Å². The Morgan fingerprint density at radius 3 is 2.71 bits per heavy atom. The van der Waals surface area contributed by atoms with E-state index in [4.69, 9.17) is 16.7 Å². The number of rotatable bonds is 5. The molecular formula is C12H17ClN2O2. The van der Waals surface area contributed by atoms with Gasteiger partial charge in [0.1, 0.15) is 5.15 Å². The molecule has 0 radical (unpaired) electrons. The average Bonchev–Trinajstić information content (AvgIpc) is 2.29. The number of amides is 1. The van der Waals surface area contributed by atoms with Crippen LogP contribution in [0.1, 0.15) is 30.6 Å². The third kappa shape index (κ3) is 3.98. The number of carbonyl (C=O) groups is 1. The van der Waals surface area contributed by atoms with Crippen molar-refractivity contribution >= 4 is 17.5 Å². The van der Waals surface area contributed by atoms with Crippen molar-refractivity contribution < 1.29 is 9.90 Å². The van der Waals surface area contributed by atoms with Crippen LogP contribution in [0.5, 0.6) is 0 Å². The zero-order valence-electron chi connectivity index (χ0n) is 10.1. The topological polar surface area (TPSA) is 53.4 Å². The lowest BCUT2D eigenvalue weighted by Crippen LogP contribution is -2.38. The second-order valence-corrected chi connectivity index (χ2v) is 4.43. The van der Waals surface area contributed by atoms with Crippen LogP contribution in [-0.2, 0) is 0 Å². The smallest absolute Gasteiger partial charge is 0.255 e. The van der Waals surface area contributed by atoms with Gasteiger partial charge in [0, 0.05) is 25.4 Å². The van der Waals surface area contributed by atoms with Gasteiger partial charge in [0.05, 0.1) is 5.56 Å². The predicted octanol–water partition coefficient (Wildman–Crippen LogP) is 1.97. The first-order chi connectivity index (χ1) is 8.06. The van der Waals surface area contributed by atoms with Crippen LogP contribution in [0.15, 0.2) is 18.3 Å². The number of aromatic nitrogens is 1. The van der Waals surface area contributed by atoms with Crippen LogP contribution >= 0.6 is 11.6 Å². The van der Waals surface area contributed by atoms with Gasteiger partial charge in [0.2, 0.25) is 0 Å². The molecule has 0 spiro atoms. The minimum Gasteiger partial charge on any atom is -0.396 e. The van der Waals surface area contributed by atoms with Crippen LogP contribution in [0, 0.1) is 0 Å². The Kier molecular flexibility index (Phi) is 5.38. The first-order valence-corrected chi connectivity index (χ1v) is 5.97. The monoisotopic (exact) mass is 256 g/mol. The summed E-state index contributed by atoms with van der Waals surface area (Å²) in [7, 11) is 0. The van der Waals surface area contributed by atoms with E-state index in [1.54, 1.807) is 17.0 Å². The van der Waals surface area contributed by atoms with Crippen molar-refractivity contribution in [3.8, 4) is 0 Å². The van der Waals surface area contributed by atoms with E-state index < -0.39 is 0 Å². The Hall–Kier alpha value is -1.13. The Bertz CT molecular complexity index is 365. The molecule has 0 saturated heterocycles. The highest BCUT2D eigenvalue weighted by Gasteiger charge is 2.18. The van der Waals surface area contributed by atoms with Crippen molar-refractivity contribution in [2.45, 2.75) is 26.3 Å². The highest BCUT2D eigenvalue weighted by Crippen LogP contribution is 2.11. The van der Waals surface area contributed by atoms with Gasteiger partial charge in [0.25, 0.3) is 5.91 Å². The van der Waals surface area contributed by atoms with Crippen molar-refractivity contribution in [3.05, 3.63) is 29.0 Å². The predicted molar refractivity (Wildman–Crippen MR) is 67.1 cm³/mol. The van der Waals surface area contributed by atoms with Crippen molar-refractivity contribution in [2.24, 2.45) is 0 Å². The molecule has 4 nitrogen and oxygen atoms in total. The molecule has 0 saturated carbocycles. The Morgan fingerprint density at radius 2 is 2.24 bits per heavy atom. The maximum atomic E-state index is 12.2. The largest absolute Gasteiger partial charge is 0.396 e. The molecule has 1 rings (SSSR count). The molecular weight excluding hydrogens is 240 g/mol. The van der Waals surface area contributed by atoms with Crippen molar-refractivity contribution in [3.63, 3.8) is 0 Å². The zero-order valence-corrected chi connectivity index (χ0v) is 10.8. The molecule has 1 aromatic rings. The molecule has 0 aliphatic heterocycles. The molecule has 0 aromatic carbocycles. The van der Waals surface area contributed by atoms with E-state index in [-0.39, 0.29) is 18.6 Å². The fraction of sp³-hybridized carbons (Fsp3) is 0.500. The molecule has 1 N–H and O–H groups in total. The SMILES string of the molecule is CC(C)N(CCCO)C(=O)c1ccc(Cl)nc1. The molecule has 17 heavy (non-hydrogen) atoms. The van der Waals surface area contributed by atoms with E-state index >= 15 is 0 Å². The molecule has 0 aliphatic carbocycles. The molecule has 0 unspecified atom stereocenters. The number of halogens is 1. The fourth-order valence-electron chi connectivity index (χ4n) is 1.50. The molecule has 1 heterocycles. The normalized spacial score (nSPS) is 10.6. The van der Waals surface area contributed by atoms with E-state index in [1.165, 1.54) is 6.20 Å². The third-order valence-corrected chi connectivity index (χ3v) is 2.64. The van der Waals surface area contributed by atoms with E-state index in [0.29, 0.717) is 23.7 Å². The van der Waals surface area contributed by atoms with Crippen LogP contribution in [0.25, 0.3) is 0 Å². The van der Waals surface area contributed by atoms with E-state index in [2.05, 4.69) is 4.98 Å². The average molecular weight is 257 g/mol. The summed E-state index contributed by atoms with van der Waals surface area (Å²) in [4.78, 5) is 17.8. The van der Waals surface area contributed by atoms with Crippen molar-refractivity contribution in [2.75, 3.05) is 13.2 Å². The van der Waals surface area contributed by atoms with Gasteiger partial charge < -0.3 is 10.0 Å². The lowest BCUT2D eigenvalue weighted by molar-refractivity contribution is 0.0692. The summed E-state index contributed by atoms with van der Waals surface area (Å²) in [5, 5.41) is 9.19. The lowest BCUT2D eigenvalue weighted by Gasteiger charge is -2.26. The second kappa shape index (κ2) is 6.57. The summed E-state index contributed by atoms with van der Waals surface area (Å²) in [6, 6.07) is 3.34. The number of pyridine rings is 1. The van der Waals surface area contributed by atoms with Gasteiger partial charge in [-0.25, -0.2) is 4.98 Å². The standard InChI is InChI=1S/C12H17ClN2O2/c1-9(2)15(6-3-7-16)12(17)10-4-5-11(13)14-8-10/h4-5,8-9,16H,3,6-7H2,1-2H3. The van der Waals surface area contributed by atoms with Gasteiger partial charge >= 0.3 is 0 Å². The van der Waals surface area contributed by atoms with Crippen molar-refractivity contribution in [1.29, 1.82) is 0 Å². The number of nitrogens with zero attached hydrogens (tertiary/aromatic N) is 2. The molecule has 1 aromatic heterocycles. The van der Waals surface area contributed by atoms with Gasteiger partial charge in [-0.1, -0.05) is 11.6 Å². The summed E-state index contributed by atoms with van der Waals surface area (Å²) in [5.74, 6) is -0.0855. The Morgan fingerprint density at radius 1 is 1.53 bits per heavy atom. The molecule has 5 heteroatoms. The third-order valence-electron chi connectivity index (χ3n) is 2.42. The highest BCUT2D eigenvalue weighted by molar-refractivity contribution is 6.29. The Balaban J connectivity index is 2.80. The molecule has 0 atom stereocenters. The second-order valence-electron chi connectivity index (χ2n) is 4.04. The van der Waals surface area contributed by atoms with E-state index in [9.17, 15) is 4.79 Å². The number of carbonyl (C=O) groups excluding carboxylic acids is 1. The molecule has 1 amide bonds. The summed E-state index contributed by atoms with van der Waals surface area (Å²) < 4.78 is 0. The summed E-state index contributed by atoms with van der Waals surface area (Å²) in [6.45, 7) is 4.50. The summed E-state index contributed by atoms with van der Waals surface area (Å²) in [6.07, 6.45) is 2.05. The van der Waals surface area contributed by atoms with Crippen molar-refractivity contribution in [1.82, 2.24) is 9.88 Å². The minimum atomic E-state index is -0.0855. The van der Waals surface area contributed by atoms with Crippen LogP contribution in [0.3, 0.4) is 0 Å². The fourth-order valence-corrected chi connectivity index (χ4v) is 1.62. The maximum Gasteiger partial charge on any atom is 0.255 e. The first-order valence-electron chi connectivity index (χ1n) is 5.59. The molecule has 94 valence electrons. The van der Waals surface area contributed by atoms with Crippen LogP contribution in [0.4, 0.5) is 0 Å². The first kappa shape index (κ1) is 13.9. The maximum absolute atomic E-state index is 12.2. The summed E-state index contributed by atoms with van der Waals surface area (Å²) in [5.41, 5.74) is 0.515. The van der Waals surface area contributed by atoms with E-state index in [1.807, 2.05) is 13.8 Å². The Labute approximate surface area is 106 Å². The van der Waals surface area contributed by atoms with Gasteiger partial charge in [-0.15, -0.1) is 0 Å². The summed E-state index contributed by atoms with van der Waals surface area (Å²) >= 11 is 5.67. The number of aliphatic hydroxyl groups excluding tert-OH is 1. The molecule has 0 fully saturated rings. The van der Waals surface area contributed by atoms with Crippen LogP contribution in [0.2, 0.25) is 5.15 Å². The molecule has 0 aliphatic rings. The lowest BCUT2D eigenvalue weighted by atomic mass is 10.2. The minimum absolute atomic E-state index is 0.0787. The molecule has 0 bridgehead atoms. The van der Waals surface area contributed by atoms with Gasteiger partial charge in [-0.05, 0) is 32.4 Å².